The van der Waals surface area contributed by atoms with Gasteiger partial charge in [-0.25, -0.2) is 14.8 Å². The number of hydrogen-bond acceptors (Lipinski definition) is 6. The number of nitrogens with two attached hydrogens (primary N) is 1. The summed E-state index contributed by atoms with van der Waals surface area (Å²) < 4.78 is 5.11. The molecule has 0 aliphatic rings. The number of anilines is 1. The summed E-state index contributed by atoms with van der Waals surface area (Å²) in [6, 6.07) is 15.3. The molecule has 1 aromatic heterocycles. The second kappa shape index (κ2) is 6.88. The van der Waals surface area contributed by atoms with Crippen molar-refractivity contribution in [3.63, 3.8) is 0 Å². The van der Waals surface area contributed by atoms with Gasteiger partial charge in [-0.05, 0) is 54.6 Å². The number of nitrogen functional groups attached to an aromatic ring is 1. The highest BCUT2D eigenvalue weighted by Gasteiger charge is 2.08. The fourth-order valence-corrected chi connectivity index (χ4v) is 2.26. The van der Waals surface area contributed by atoms with Crippen molar-refractivity contribution in [1.82, 2.24) is 9.97 Å². The Labute approximate surface area is 143 Å². The molecule has 7 heteroatoms. The lowest BCUT2D eigenvalue weighted by molar-refractivity contribution is -0.139. The molecule has 1 heterocycles. The third-order valence-electron chi connectivity index (χ3n) is 3.42. The van der Waals surface area contributed by atoms with E-state index in [1.54, 1.807) is 54.6 Å². The van der Waals surface area contributed by atoms with Crippen molar-refractivity contribution in [2.45, 2.75) is 0 Å². The molecule has 3 aromatic rings. The Bertz CT molecular complexity index is 893. The molecular weight excluding hydrogens is 322 g/mol. The molecule has 0 spiro atoms. The summed E-state index contributed by atoms with van der Waals surface area (Å²) in [7, 11) is 0. The number of aromatic nitrogens is 2. The predicted molar refractivity (Wildman–Crippen MR) is 92.1 cm³/mol. The number of aromatic hydroxyl groups is 1. The first-order valence-electron chi connectivity index (χ1n) is 7.40. The second-order valence-electron chi connectivity index (χ2n) is 5.25. The maximum Gasteiger partial charge on any atom is 0.341 e. The number of rotatable bonds is 5. The fourth-order valence-electron chi connectivity index (χ4n) is 2.26. The number of hydrogen-bond donors (Lipinski definition) is 3. The zero-order valence-corrected chi connectivity index (χ0v) is 13.1. The first-order valence-corrected chi connectivity index (χ1v) is 7.40. The lowest BCUT2D eigenvalue weighted by atomic mass is 10.1. The van der Waals surface area contributed by atoms with Crippen molar-refractivity contribution in [1.29, 1.82) is 0 Å². The summed E-state index contributed by atoms with van der Waals surface area (Å²) >= 11 is 0. The predicted octanol–water partition coefficient (Wildman–Crippen LogP) is 2.56. The van der Waals surface area contributed by atoms with Crippen LogP contribution in [-0.4, -0.2) is 32.8 Å². The van der Waals surface area contributed by atoms with Crippen LogP contribution in [0.2, 0.25) is 0 Å². The van der Waals surface area contributed by atoms with E-state index in [2.05, 4.69) is 9.97 Å². The maximum absolute atomic E-state index is 10.5. The standard InChI is InChI=1S/C18H15N3O4/c19-18-20-15(11-1-5-13(22)6-2-11)9-16(21-18)12-3-7-14(8-4-12)25-10-17(23)24/h1-9,22H,10H2,(H,23,24)(H2,19,20,21). The summed E-state index contributed by atoms with van der Waals surface area (Å²) in [5, 5.41) is 18.0. The normalized spacial score (nSPS) is 10.4. The van der Waals surface area contributed by atoms with Gasteiger partial charge in [-0.1, -0.05) is 0 Å². The Kier molecular flexibility index (Phi) is 4.47. The van der Waals surface area contributed by atoms with Crippen LogP contribution in [0.25, 0.3) is 22.5 Å². The van der Waals surface area contributed by atoms with Crippen LogP contribution in [0.1, 0.15) is 0 Å². The van der Waals surface area contributed by atoms with Gasteiger partial charge in [0.2, 0.25) is 5.95 Å². The zero-order chi connectivity index (χ0) is 17.8. The van der Waals surface area contributed by atoms with Gasteiger partial charge in [0.25, 0.3) is 0 Å². The highest BCUT2D eigenvalue weighted by Crippen LogP contribution is 2.26. The van der Waals surface area contributed by atoms with Crippen LogP contribution in [0, 0.1) is 0 Å². The molecule has 0 saturated carbocycles. The van der Waals surface area contributed by atoms with E-state index in [9.17, 15) is 9.90 Å². The highest BCUT2D eigenvalue weighted by atomic mass is 16.5. The van der Waals surface area contributed by atoms with Gasteiger partial charge in [0, 0.05) is 11.1 Å². The number of phenolic OH excluding ortho intramolecular Hbond substituents is 1. The van der Waals surface area contributed by atoms with Gasteiger partial charge < -0.3 is 20.7 Å². The van der Waals surface area contributed by atoms with E-state index in [4.69, 9.17) is 15.6 Å². The third kappa shape index (κ3) is 4.03. The molecule has 4 N–H and O–H groups in total. The minimum absolute atomic E-state index is 0.131. The average Bonchev–Trinajstić information content (AvgIpc) is 2.60. The highest BCUT2D eigenvalue weighted by molar-refractivity contribution is 5.70. The smallest absolute Gasteiger partial charge is 0.341 e. The Morgan fingerprint density at radius 1 is 0.960 bits per heavy atom. The van der Waals surface area contributed by atoms with Gasteiger partial charge in [-0.15, -0.1) is 0 Å². The van der Waals surface area contributed by atoms with Crippen molar-refractivity contribution >= 4 is 11.9 Å². The molecular formula is C18H15N3O4. The van der Waals surface area contributed by atoms with Crippen LogP contribution in [-0.2, 0) is 4.79 Å². The number of benzene rings is 2. The van der Waals surface area contributed by atoms with E-state index in [-0.39, 0.29) is 11.7 Å². The van der Waals surface area contributed by atoms with Gasteiger partial charge >= 0.3 is 5.97 Å². The van der Waals surface area contributed by atoms with E-state index in [1.807, 2.05) is 0 Å². The topological polar surface area (TPSA) is 119 Å². The van der Waals surface area contributed by atoms with Crippen molar-refractivity contribution in [3.05, 3.63) is 54.6 Å². The van der Waals surface area contributed by atoms with Crippen molar-refractivity contribution in [2.24, 2.45) is 0 Å². The maximum atomic E-state index is 10.5. The third-order valence-corrected chi connectivity index (χ3v) is 3.42. The van der Waals surface area contributed by atoms with Gasteiger partial charge in [0.15, 0.2) is 6.61 Å². The Hall–Kier alpha value is -3.61. The molecule has 0 bridgehead atoms. The summed E-state index contributed by atoms with van der Waals surface area (Å²) in [6.07, 6.45) is 0. The molecule has 0 radical (unpaired) electrons. The number of carboxylic acids is 1. The van der Waals surface area contributed by atoms with Crippen LogP contribution in [0.15, 0.2) is 54.6 Å². The molecule has 7 nitrogen and oxygen atoms in total. The molecule has 2 aromatic carbocycles. The Morgan fingerprint density at radius 3 is 2.00 bits per heavy atom. The molecule has 25 heavy (non-hydrogen) atoms. The first-order chi connectivity index (χ1) is 12.0. The van der Waals surface area contributed by atoms with Gasteiger partial charge in [-0.2, -0.15) is 0 Å². The second-order valence-corrected chi connectivity index (χ2v) is 5.25. The summed E-state index contributed by atoms with van der Waals surface area (Å²) in [4.78, 5) is 19.0. The number of nitrogens with zero attached hydrogens (tertiary/aromatic N) is 2. The van der Waals surface area contributed by atoms with E-state index >= 15 is 0 Å². The molecule has 0 unspecified atom stereocenters. The molecule has 0 amide bonds. The molecule has 0 atom stereocenters. The fraction of sp³-hybridized carbons (Fsp3) is 0.0556. The Morgan fingerprint density at radius 2 is 1.48 bits per heavy atom. The molecule has 0 fully saturated rings. The zero-order valence-electron chi connectivity index (χ0n) is 13.1. The van der Waals surface area contributed by atoms with E-state index in [0.29, 0.717) is 17.1 Å². The molecule has 3 rings (SSSR count). The summed E-state index contributed by atoms with van der Waals surface area (Å²) in [6.45, 7) is -0.398. The lowest BCUT2D eigenvalue weighted by Crippen LogP contribution is -2.09. The lowest BCUT2D eigenvalue weighted by Gasteiger charge is -2.08. The minimum atomic E-state index is -1.04. The van der Waals surface area contributed by atoms with Gasteiger partial charge in [-0.3, -0.25) is 0 Å². The molecule has 0 saturated heterocycles. The number of aliphatic carboxylic acids is 1. The monoisotopic (exact) mass is 337 g/mol. The number of phenols is 1. The minimum Gasteiger partial charge on any atom is -0.508 e. The van der Waals surface area contributed by atoms with Crippen LogP contribution in [0.3, 0.4) is 0 Å². The van der Waals surface area contributed by atoms with Crippen LogP contribution >= 0.6 is 0 Å². The van der Waals surface area contributed by atoms with E-state index in [1.165, 1.54) is 0 Å². The average molecular weight is 337 g/mol. The van der Waals surface area contributed by atoms with Gasteiger partial charge in [0.1, 0.15) is 11.5 Å². The van der Waals surface area contributed by atoms with Crippen molar-refractivity contribution in [3.8, 4) is 34.0 Å². The number of carbonyl (C=O) groups is 1. The summed E-state index contributed by atoms with van der Waals surface area (Å²) in [5.74, 6) is -0.284. The Balaban J connectivity index is 1.89. The van der Waals surface area contributed by atoms with Crippen molar-refractivity contribution in [2.75, 3.05) is 12.3 Å². The molecule has 0 aliphatic heterocycles. The van der Waals surface area contributed by atoms with E-state index < -0.39 is 12.6 Å². The van der Waals surface area contributed by atoms with Crippen LogP contribution in [0.4, 0.5) is 5.95 Å². The van der Waals surface area contributed by atoms with Crippen LogP contribution in [0.5, 0.6) is 11.5 Å². The van der Waals surface area contributed by atoms with Crippen LogP contribution < -0.4 is 10.5 Å². The first kappa shape index (κ1) is 16.3. The van der Waals surface area contributed by atoms with Gasteiger partial charge in [0.05, 0.1) is 11.4 Å². The number of ether oxygens (including phenoxy) is 1. The SMILES string of the molecule is Nc1nc(-c2ccc(O)cc2)cc(-c2ccc(OCC(=O)O)cc2)n1. The van der Waals surface area contributed by atoms with Crippen molar-refractivity contribution < 1.29 is 19.7 Å². The summed E-state index contributed by atoms with van der Waals surface area (Å²) in [5.41, 5.74) is 8.66. The largest absolute Gasteiger partial charge is 0.508 e. The molecule has 0 aliphatic carbocycles. The quantitative estimate of drug-likeness (QED) is 0.654. The number of carboxylic acid groups (broad SMARTS) is 1. The molecule has 126 valence electrons. The van der Waals surface area contributed by atoms with E-state index in [0.717, 1.165) is 11.1 Å².